The van der Waals surface area contributed by atoms with E-state index in [1.807, 2.05) is 0 Å². The predicted molar refractivity (Wildman–Crippen MR) is 5.75 cm³/mol. The van der Waals surface area contributed by atoms with Crippen LogP contribution in [0.15, 0.2) is 0 Å². The van der Waals surface area contributed by atoms with Gasteiger partial charge in [-0.1, -0.05) is 0 Å². The third-order valence-corrected chi connectivity index (χ3v) is 0. The summed E-state index contributed by atoms with van der Waals surface area (Å²) in [5.74, 6) is 0. The molecule has 0 aromatic heterocycles. The minimum atomic E-state index is 0. The minimum absolute atomic E-state index is 0. The van der Waals surface area contributed by atoms with E-state index in [9.17, 15) is 0 Å². The third kappa shape index (κ3) is 9.91. The Morgan fingerprint density at radius 3 is 0.500 bits per heavy atom. The molecule has 4 heteroatoms. The van der Waals surface area contributed by atoms with Crippen LogP contribution in [0.5, 0.6) is 0 Å². The molecule has 0 N–H and O–H groups in total. The van der Waals surface area contributed by atoms with E-state index in [0.29, 0.717) is 0 Å². The maximum atomic E-state index is 0. The van der Waals surface area contributed by atoms with Gasteiger partial charge in [0.05, 0.1) is 0 Å². The van der Waals surface area contributed by atoms with E-state index >= 15 is 0 Å². The van der Waals surface area contributed by atoms with E-state index in [0.717, 1.165) is 0 Å². The van der Waals surface area contributed by atoms with Gasteiger partial charge in [-0.25, -0.2) is 0 Å². The fraction of sp³-hybridized carbons (Fsp3) is 0. The molecule has 0 aliphatic heterocycles. The number of hydrogen-bond donors (Lipinski definition) is 0. The van der Waals surface area contributed by atoms with Gasteiger partial charge in [0.2, 0.25) is 0 Å². The molecule has 3 radical (unpaired) electrons. The fourth-order valence-corrected chi connectivity index (χ4v) is 0. The maximum absolute atomic E-state index is 0. The Bertz CT molecular complexity index is 3.25. The Labute approximate surface area is 55.3 Å². The van der Waals surface area contributed by atoms with E-state index in [2.05, 4.69) is 0 Å². The summed E-state index contributed by atoms with van der Waals surface area (Å²) < 4.78 is 0. The van der Waals surface area contributed by atoms with Crippen LogP contribution in [-0.4, -0.2) is 18.0 Å². The third-order valence-electron chi connectivity index (χ3n) is 0. The summed E-state index contributed by atoms with van der Waals surface area (Å²) in [6.07, 6.45) is 0. The summed E-state index contributed by atoms with van der Waals surface area (Å²) in [5, 5.41) is 0. The molecule has 0 aromatic carbocycles. The van der Waals surface area contributed by atoms with Crippen molar-refractivity contribution in [2.75, 3.05) is 0 Å². The zero-order chi connectivity index (χ0) is 0. The molecule has 0 aromatic rings. The second-order valence-corrected chi connectivity index (χ2v) is 0. The molecule has 0 fully saturated rings. The standard InChI is InChI=1S/As.3ClH/h;3*1H/p-3. The van der Waals surface area contributed by atoms with Gasteiger partial charge >= 0.3 is 0 Å². The molecule has 0 unspecified atom stereocenters. The summed E-state index contributed by atoms with van der Waals surface area (Å²) in [6.45, 7) is 0. The summed E-state index contributed by atoms with van der Waals surface area (Å²) in [5.41, 5.74) is 0. The van der Waals surface area contributed by atoms with Gasteiger partial charge in [0.15, 0.2) is 0 Å². The average molecular weight is 181 g/mol. The topological polar surface area (TPSA) is 0 Å². The monoisotopic (exact) mass is 180 g/mol. The minimum Gasteiger partial charge on any atom is -1.00 e. The predicted octanol–water partition coefficient (Wildman–Crippen LogP) is -9.37. The van der Waals surface area contributed by atoms with Gasteiger partial charge in [-0.3, -0.25) is 0 Å². The smallest absolute Gasteiger partial charge is 0 e. The molecule has 0 heterocycles. The van der Waals surface area contributed by atoms with Crippen LogP contribution in [0.3, 0.4) is 0 Å². The van der Waals surface area contributed by atoms with Gasteiger partial charge in [-0.05, 0) is 0 Å². The van der Waals surface area contributed by atoms with Gasteiger partial charge < -0.3 is 37.2 Å². The molecule has 4 heavy (non-hydrogen) atoms. The Morgan fingerprint density at radius 2 is 0.500 bits per heavy atom. The Hall–Kier alpha value is 1.43. The molecule has 0 aliphatic carbocycles. The molecule has 0 bridgehead atoms. The number of rotatable bonds is 0. The number of halogens is 3. The van der Waals surface area contributed by atoms with Crippen molar-refractivity contribution in [2.24, 2.45) is 0 Å². The van der Waals surface area contributed by atoms with Crippen molar-refractivity contribution in [3.05, 3.63) is 0 Å². The van der Waals surface area contributed by atoms with Crippen molar-refractivity contribution < 1.29 is 37.2 Å². The van der Waals surface area contributed by atoms with E-state index in [-0.39, 0.29) is 55.2 Å². The first-order valence-corrected chi connectivity index (χ1v) is 0. The zero-order valence-corrected chi connectivity index (χ0v) is 5.73. The van der Waals surface area contributed by atoms with Gasteiger partial charge in [-0.2, -0.15) is 0 Å². The first kappa shape index (κ1) is 52.2. The van der Waals surface area contributed by atoms with Crippen molar-refractivity contribution in [1.29, 1.82) is 0 Å². The molecular formula is AsCl3-3. The van der Waals surface area contributed by atoms with E-state index < -0.39 is 0 Å². The van der Waals surface area contributed by atoms with E-state index in [1.54, 1.807) is 0 Å². The van der Waals surface area contributed by atoms with Crippen molar-refractivity contribution >= 4 is 18.0 Å². The fourth-order valence-electron chi connectivity index (χ4n) is 0. The first-order chi connectivity index (χ1) is 0. The van der Waals surface area contributed by atoms with Crippen LogP contribution >= 0.6 is 0 Å². The van der Waals surface area contributed by atoms with E-state index in [4.69, 9.17) is 0 Å². The van der Waals surface area contributed by atoms with Gasteiger partial charge in [0.25, 0.3) is 0 Å². The molecule has 0 saturated carbocycles. The van der Waals surface area contributed by atoms with Crippen LogP contribution in [-0.2, 0) is 0 Å². The average Bonchev–Trinajstić information content (AvgIpc) is 0. The summed E-state index contributed by atoms with van der Waals surface area (Å²) in [7, 11) is 0. The molecular weight excluding hydrogens is 181 g/mol. The van der Waals surface area contributed by atoms with Crippen molar-refractivity contribution in [3.8, 4) is 0 Å². The van der Waals surface area contributed by atoms with Gasteiger partial charge in [0.1, 0.15) is 0 Å². The van der Waals surface area contributed by atoms with Crippen LogP contribution in [0, 0.1) is 0 Å². The molecule has 0 rings (SSSR count). The molecule has 0 spiro atoms. The van der Waals surface area contributed by atoms with Crippen molar-refractivity contribution in [2.45, 2.75) is 0 Å². The zero-order valence-electron chi connectivity index (χ0n) is 1.58. The molecule has 0 nitrogen and oxygen atoms in total. The van der Waals surface area contributed by atoms with Gasteiger partial charge in [0, 0.05) is 18.0 Å². The maximum Gasteiger partial charge on any atom is 0 e. The molecule has 0 amide bonds. The van der Waals surface area contributed by atoms with E-state index in [1.165, 1.54) is 0 Å². The van der Waals surface area contributed by atoms with Crippen molar-refractivity contribution in [3.63, 3.8) is 0 Å². The molecule has 0 atom stereocenters. The summed E-state index contributed by atoms with van der Waals surface area (Å²) in [6, 6.07) is 0. The second kappa shape index (κ2) is 25.5. The Morgan fingerprint density at radius 1 is 0.500 bits per heavy atom. The van der Waals surface area contributed by atoms with Crippen LogP contribution in [0.1, 0.15) is 0 Å². The normalized spacial score (nSPS) is 0. The summed E-state index contributed by atoms with van der Waals surface area (Å²) >= 11 is 0. The molecule has 0 saturated heterocycles. The van der Waals surface area contributed by atoms with Crippen LogP contribution in [0.2, 0.25) is 0 Å². The second-order valence-electron chi connectivity index (χ2n) is 0. The van der Waals surface area contributed by atoms with Crippen LogP contribution in [0.25, 0.3) is 0 Å². The number of hydrogen-bond acceptors (Lipinski definition) is 0. The quantitative estimate of drug-likeness (QED) is 0.326. The summed E-state index contributed by atoms with van der Waals surface area (Å²) in [4.78, 5) is 0. The van der Waals surface area contributed by atoms with Crippen molar-refractivity contribution in [1.82, 2.24) is 0 Å². The van der Waals surface area contributed by atoms with Crippen LogP contribution in [0.4, 0.5) is 0 Å². The SMILES string of the molecule is [As].[Cl-].[Cl-].[Cl-]. The Kier molecular flexibility index (Phi) is 333. The van der Waals surface area contributed by atoms with Gasteiger partial charge in [-0.15, -0.1) is 0 Å². The molecule has 29 valence electrons. The van der Waals surface area contributed by atoms with Crippen LogP contribution < -0.4 is 37.2 Å². The largest absolute Gasteiger partial charge is 1.00 e. The molecule has 0 aliphatic rings. The Balaban J connectivity index is 0. The first-order valence-electron chi connectivity index (χ1n) is 0.